The lowest BCUT2D eigenvalue weighted by molar-refractivity contribution is 0.0952. The summed E-state index contributed by atoms with van der Waals surface area (Å²) in [5.41, 5.74) is 0.224. The van der Waals surface area contributed by atoms with Crippen molar-refractivity contribution in [3.8, 4) is 0 Å². The molecule has 3 aromatic rings. The van der Waals surface area contributed by atoms with Crippen LogP contribution in [-0.4, -0.2) is 39.7 Å². The van der Waals surface area contributed by atoms with Crippen LogP contribution in [0.3, 0.4) is 0 Å². The number of thioether (sulfide) groups is 1. The van der Waals surface area contributed by atoms with Crippen molar-refractivity contribution in [2.24, 2.45) is 0 Å². The van der Waals surface area contributed by atoms with Crippen molar-refractivity contribution < 1.29 is 13.6 Å². The molecule has 0 aliphatic rings. The number of nitrogens with one attached hydrogen (secondary N) is 3. The molecule has 150 valence electrons. The zero-order chi connectivity index (χ0) is 20.5. The highest BCUT2D eigenvalue weighted by molar-refractivity contribution is 7.99. The Kier molecular flexibility index (Phi) is 7.28. The predicted molar refractivity (Wildman–Crippen MR) is 109 cm³/mol. The van der Waals surface area contributed by atoms with Crippen molar-refractivity contribution in [1.29, 1.82) is 0 Å². The molecule has 3 rings (SSSR count). The van der Waals surface area contributed by atoms with Gasteiger partial charge in [0.25, 0.3) is 11.7 Å². The van der Waals surface area contributed by atoms with Gasteiger partial charge in [-0.3, -0.25) is 4.79 Å². The molecule has 0 radical (unpaired) electrons. The fraction of sp³-hybridized carbons (Fsp3) is 0.158. The van der Waals surface area contributed by atoms with Gasteiger partial charge in [0.2, 0.25) is 0 Å². The molecule has 2 aromatic heterocycles. The van der Waals surface area contributed by atoms with Gasteiger partial charge >= 0.3 is 0 Å². The van der Waals surface area contributed by atoms with E-state index in [-0.39, 0.29) is 10.5 Å². The Morgan fingerprint density at radius 3 is 2.55 bits per heavy atom. The lowest BCUT2D eigenvalue weighted by atomic mass is 10.2. The van der Waals surface area contributed by atoms with Gasteiger partial charge in [-0.15, -0.1) is 0 Å². The van der Waals surface area contributed by atoms with Crippen LogP contribution in [0.15, 0.2) is 66.0 Å². The molecule has 0 aliphatic carbocycles. The maximum atomic E-state index is 12.6. The number of hydrogen-bond acceptors (Lipinski definition) is 7. The molecule has 1 amide bonds. The summed E-state index contributed by atoms with van der Waals surface area (Å²) in [6.45, 7) is 0.690. The van der Waals surface area contributed by atoms with Gasteiger partial charge in [0, 0.05) is 30.2 Å². The topological polar surface area (TPSA) is 91.8 Å². The number of anilines is 3. The minimum Gasteiger partial charge on any atom is -0.368 e. The molecule has 0 unspecified atom stereocenters. The summed E-state index contributed by atoms with van der Waals surface area (Å²) in [6.07, 6.45) is 3.08. The number of carbonyl (C=O) groups is 1. The Labute approximate surface area is 170 Å². The van der Waals surface area contributed by atoms with Crippen molar-refractivity contribution in [1.82, 2.24) is 20.3 Å². The Hall–Kier alpha value is -3.27. The molecule has 0 saturated carbocycles. The fourth-order valence-corrected chi connectivity index (χ4v) is 3.04. The van der Waals surface area contributed by atoms with Gasteiger partial charge in [-0.25, -0.2) is 15.0 Å². The third-order valence-corrected chi connectivity index (χ3v) is 4.44. The smallest absolute Gasteiger partial charge is 0.288 e. The average Bonchev–Trinajstić information content (AvgIpc) is 2.72. The van der Waals surface area contributed by atoms with E-state index in [0.717, 1.165) is 0 Å². The Bertz CT molecular complexity index is 945. The van der Waals surface area contributed by atoms with Crippen LogP contribution in [0.4, 0.5) is 26.2 Å². The minimum absolute atomic E-state index is 0.224. The second-order valence-corrected chi connectivity index (χ2v) is 6.72. The number of halogens is 2. The van der Waals surface area contributed by atoms with E-state index in [2.05, 4.69) is 30.9 Å². The molecule has 10 heteroatoms. The molecular weight excluding hydrogens is 398 g/mol. The first-order chi connectivity index (χ1) is 14.1. The summed E-state index contributed by atoms with van der Waals surface area (Å²) in [5.74, 6) is -1.19. The number of pyridine rings is 1. The van der Waals surface area contributed by atoms with Gasteiger partial charge in [0.05, 0.1) is 5.56 Å². The zero-order valence-corrected chi connectivity index (χ0v) is 16.0. The highest BCUT2D eigenvalue weighted by Gasteiger charge is 2.14. The summed E-state index contributed by atoms with van der Waals surface area (Å²) >= 11 is 0.353. The Morgan fingerprint density at radius 2 is 1.76 bits per heavy atom. The second kappa shape index (κ2) is 10.3. The Balaban J connectivity index is 1.50. The van der Waals surface area contributed by atoms with Crippen molar-refractivity contribution >= 4 is 35.1 Å². The van der Waals surface area contributed by atoms with Crippen molar-refractivity contribution in [2.45, 2.75) is 10.7 Å². The third-order valence-electron chi connectivity index (χ3n) is 3.65. The number of hydrogen-bond donors (Lipinski definition) is 3. The third kappa shape index (κ3) is 6.39. The maximum Gasteiger partial charge on any atom is 0.288 e. The molecule has 0 fully saturated rings. The monoisotopic (exact) mass is 416 g/mol. The highest BCUT2D eigenvalue weighted by atomic mass is 32.2. The molecule has 0 aliphatic heterocycles. The normalized spacial score (nSPS) is 10.6. The van der Waals surface area contributed by atoms with E-state index in [1.54, 1.807) is 24.4 Å². The lowest BCUT2D eigenvalue weighted by Gasteiger charge is -2.11. The molecule has 2 heterocycles. The van der Waals surface area contributed by atoms with E-state index in [0.29, 0.717) is 42.3 Å². The number of nitrogens with zero attached hydrogens (tertiary/aromatic N) is 3. The predicted octanol–water partition coefficient (Wildman–Crippen LogP) is 3.77. The molecule has 0 saturated heterocycles. The average molecular weight is 416 g/mol. The van der Waals surface area contributed by atoms with E-state index in [1.165, 1.54) is 18.5 Å². The van der Waals surface area contributed by atoms with Crippen LogP contribution >= 0.6 is 11.8 Å². The van der Waals surface area contributed by atoms with Crippen LogP contribution in [0.1, 0.15) is 10.4 Å². The van der Waals surface area contributed by atoms with Gasteiger partial charge in [0.15, 0.2) is 0 Å². The first-order valence-electron chi connectivity index (χ1n) is 8.68. The minimum atomic E-state index is -2.59. The summed E-state index contributed by atoms with van der Waals surface area (Å²) in [5, 5.41) is 8.84. The molecule has 0 atom stereocenters. The van der Waals surface area contributed by atoms with Crippen molar-refractivity contribution in [3.05, 3.63) is 66.6 Å². The fourth-order valence-electron chi connectivity index (χ4n) is 2.41. The number of amides is 1. The van der Waals surface area contributed by atoms with Gasteiger partial charge in [0.1, 0.15) is 23.8 Å². The van der Waals surface area contributed by atoms with Crippen LogP contribution in [0.2, 0.25) is 0 Å². The standard InChI is InChI=1S/C19H18F2N6OS/c20-19(21)29-14-6-2-1-5-13(14)18(28)24-10-9-23-16-11-17(26-12-25-16)27-15-7-3-4-8-22-15/h1-8,11-12,19H,9-10H2,(H,24,28)(H2,22,23,25,26,27). The zero-order valence-electron chi connectivity index (χ0n) is 15.2. The Morgan fingerprint density at radius 1 is 0.966 bits per heavy atom. The van der Waals surface area contributed by atoms with E-state index in [9.17, 15) is 13.6 Å². The highest BCUT2D eigenvalue weighted by Crippen LogP contribution is 2.28. The van der Waals surface area contributed by atoms with Gasteiger partial charge in [-0.05, 0) is 24.3 Å². The number of aromatic nitrogens is 3. The van der Waals surface area contributed by atoms with Crippen LogP contribution in [0, 0.1) is 0 Å². The first kappa shape index (κ1) is 20.5. The maximum absolute atomic E-state index is 12.6. The van der Waals surface area contributed by atoms with Gasteiger partial charge in [-0.2, -0.15) is 8.78 Å². The molecule has 0 spiro atoms. The second-order valence-electron chi connectivity index (χ2n) is 5.69. The largest absolute Gasteiger partial charge is 0.368 e. The van der Waals surface area contributed by atoms with Gasteiger partial charge < -0.3 is 16.0 Å². The molecule has 3 N–H and O–H groups in total. The number of benzene rings is 1. The van der Waals surface area contributed by atoms with Crippen LogP contribution in [0.5, 0.6) is 0 Å². The van der Waals surface area contributed by atoms with Crippen LogP contribution in [0.25, 0.3) is 0 Å². The summed E-state index contributed by atoms with van der Waals surface area (Å²) in [7, 11) is 0. The lowest BCUT2D eigenvalue weighted by Crippen LogP contribution is -2.29. The molecular formula is C19H18F2N6OS. The number of rotatable bonds is 9. The van der Waals surface area contributed by atoms with E-state index < -0.39 is 11.7 Å². The number of alkyl halides is 2. The van der Waals surface area contributed by atoms with E-state index in [4.69, 9.17) is 0 Å². The van der Waals surface area contributed by atoms with Crippen molar-refractivity contribution in [3.63, 3.8) is 0 Å². The van der Waals surface area contributed by atoms with Crippen LogP contribution < -0.4 is 16.0 Å². The summed E-state index contributed by atoms with van der Waals surface area (Å²) in [4.78, 5) is 24.9. The van der Waals surface area contributed by atoms with E-state index in [1.807, 2.05) is 18.2 Å². The molecule has 7 nitrogen and oxygen atoms in total. The molecule has 0 bridgehead atoms. The quantitative estimate of drug-likeness (QED) is 0.361. The van der Waals surface area contributed by atoms with Crippen molar-refractivity contribution in [2.75, 3.05) is 23.7 Å². The molecule has 29 heavy (non-hydrogen) atoms. The first-order valence-corrected chi connectivity index (χ1v) is 9.56. The SMILES string of the molecule is O=C(NCCNc1cc(Nc2ccccn2)ncn1)c1ccccc1SC(F)F. The molecule has 1 aromatic carbocycles. The van der Waals surface area contributed by atoms with E-state index >= 15 is 0 Å². The van der Waals surface area contributed by atoms with Gasteiger partial charge in [-0.1, -0.05) is 30.0 Å². The summed E-state index contributed by atoms with van der Waals surface area (Å²) < 4.78 is 25.3. The van der Waals surface area contributed by atoms with Crippen LogP contribution in [-0.2, 0) is 0 Å². The summed E-state index contributed by atoms with van der Waals surface area (Å²) in [6, 6.07) is 13.5. The number of carbonyl (C=O) groups excluding carboxylic acids is 1.